The summed E-state index contributed by atoms with van der Waals surface area (Å²) in [5.74, 6) is -0.256. The SMILES string of the molecule is CN(C)Cc1ccc(F)cc1Sc1cc(Cl)ccc1Cl.[Cl-]. The van der Waals surface area contributed by atoms with Gasteiger partial charge in [0.15, 0.2) is 0 Å². The summed E-state index contributed by atoms with van der Waals surface area (Å²) >= 11 is 13.6. The minimum atomic E-state index is -0.256. The van der Waals surface area contributed by atoms with E-state index in [4.69, 9.17) is 23.2 Å². The van der Waals surface area contributed by atoms with Gasteiger partial charge in [0.05, 0.1) is 5.02 Å². The van der Waals surface area contributed by atoms with E-state index in [1.165, 1.54) is 23.9 Å². The van der Waals surface area contributed by atoms with E-state index in [1.54, 1.807) is 24.3 Å². The number of hydrogen-bond acceptors (Lipinski definition) is 2. The molecule has 0 unspecified atom stereocenters. The van der Waals surface area contributed by atoms with E-state index in [0.717, 1.165) is 21.9 Å². The second-order valence-electron chi connectivity index (χ2n) is 4.67. The van der Waals surface area contributed by atoms with Crippen molar-refractivity contribution in [1.82, 2.24) is 4.90 Å². The monoisotopic (exact) mass is 364 g/mol. The van der Waals surface area contributed by atoms with Crippen LogP contribution in [0, 0.1) is 5.82 Å². The van der Waals surface area contributed by atoms with E-state index in [1.807, 2.05) is 19.0 Å². The fraction of sp³-hybridized carbons (Fsp3) is 0.200. The minimum Gasteiger partial charge on any atom is -1.00 e. The molecule has 0 spiro atoms. The van der Waals surface area contributed by atoms with Crippen LogP contribution >= 0.6 is 35.0 Å². The summed E-state index contributed by atoms with van der Waals surface area (Å²) in [6, 6.07) is 10.1. The van der Waals surface area contributed by atoms with Gasteiger partial charge in [-0.05, 0) is 50.0 Å². The first kappa shape index (κ1) is 18.6. The van der Waals surface area contributed by atoms with Crippen molar-refractivity contribution in [3.63, 3.8) is 0 Å². The quantitative estimate of drug-likeness (QED) is 0.818. The molecule has 0 saturated heterocycles. The largest absolute Gasteiger partial charge is 1.00 e. The van der Waals surface area contributed by atoms with Gasteiger partial charge in [0, 0.05) is 21.4 Å². The van der Waals surface area contributed by atoms with E-state index in [2.05, 4.69) is 0 Å². The number of nitrogens with zero attached hydrogens (tertiary/aromatic N) is 1. The highest BCUT2D eigenvalue weighted by molar-refractivity contribution is 7.99. The zero-order valence-electron chi connectivity index (χ0n) is 11.5. The molecular weight excluding hydrogens is 352 g/mol. The molecule has 0 atom stereocenters. The molecule has 0 saturated carbocycles. The molecule has 1 nitrogen and oxygen atoms in total. The van der Waals surface area contributed by atoms with Crippen molar-refractivity contribution in [3.8, 4) is 0 Å². The Bertz CT molecular complexity index is 620. The van der Waals surface area contributed by atoms with Gasteiger partial charge < -0.3 is 17.3 Å². The highest BCUT2D eigenvalue weighted by atomic mass is 35.5. The van der Waals surface area contributed by atoms with E-state index < -0.39 is 0 Å². The van der Waals surface area contributed by atoms with Gasteiger partial charge in [0.2, 0.25) is 0 Å². The van der Waals surface area contributed by atoms with Crippen LogP contribution in [0.4, 0.5) is 4.39 Å². The Morgan fingerprint density at radius 3 is 2.43 bits per heavy atom. The predicted molar refractivity (Wildman–Crippen MR) is 84.4 cm³/mol. The van der Waals surface area contributed by atoms with Gasteiger partial charge in [-0.1, -0.05) is 41.0 Å². The number of rotatable bonds is 4. The van der Waals surface area contributed by atoms with Crippen molar-refractivity contribution in [2.24, 2.45) is 0 Å². The lowest BCUT2D eigenvalue weighted by atomic mass is 10.2. The van der Waals surface area contributed by atoms with Crippen molar-refractivity contribution in [3.05, 3.63) is 57.8 Å². The van der Waals surface area contributed by atoms with Crippen molar-refractivity contribution in [1.29, 1.82) is 0 Å². The Balaban J connectivity index is 0.00000220. The van der Waals surface area contributed by atoms with Gasteiger partial charge in [0.1, 0.15) is 5.82 Å². The van der Waals surface area contributed by atoms with E-state index in [-0.39, 0.29) is 18.2 Å². The molecule has 0 aromatic heterocycles. The number of hydrogen-bond donors (Lipinski definition) is 0. The van der Waals surface area contributed by atoms with Crippen molar-refractivity contribution >= 4 is 35.0 Å². The molecule has 0 fully saturated rings. The zero-order valence-corrected chi connectivity index (χ0v) is 14.6. The molecule has 2 rings (SSSR count). The van der Waals surface area contributed by atoms with Crippen LogP contribution in [0.25, 0.3) is 0 Å². The summed E-state index contributed by atoms with van der Waals surface area (Å²) in [5.41, 5.74) is 1.05. The first-order valence-corrected chi connectivity index (χ1v) is 7.59. The average Bonchev–Trinajstić information content (AvgIpc) is 2.37. The number of halogens is 4. The molecule has 0 N–H and O–H groups in total. The second kappa shape index (κ2) is 8.25. The molecule has 0 aliphatic heterocycles. The Kier molecular flexibility index (Phi) is 7.31. The summed E-state index contributed by atoms with van der Waals surface area (Å²) in [6.07, 6.45) is 0. The van der Waals surface area contributed by atoms with Crippen LogP contribution in [-0.4, -0.2) is 19.0 Å². The van der Waals surface area contributed by atoms with Crippen LogP contribution in [0.2, 0.25) is 10.0 Å². The van der Waals surface area contributed by atoms with Crippen LogP contribution in [0.5, 0.6) is 0 Å². The van der Waals surface area contributed by atoms with Crippen LogP contribution < -0.4 is 12.4 Å². The minimum absolute atomic E-state index is 0. The van der Waals surface area contributed by atoms with E-state index in [0.29, 0.717) is 10.0 Å². The highest BCUT2D eigenvalue weighted by Crippen LogP contribution is 2.37. The molecule has 0 bridgehead atoms. The normalized spacial score (nSPS) is 10.6. The fourth-order valence-corrected chi connectivity index (χ4v) is 3.26. The molecule has 0 amide bonds. The topological polar surface area (TPSA) is 3.24 Å². The first-order chi connectivity index (χ1) is 9.45. The Morgan fingerprint density at radius 1 is 1.05 bits per heavy atom. The summed E-state index contributed by atoms with van der Waals surface area (Å²) in [5, 5.41) is 1.22. The van der Waals surface area contributed by atoms with Crippen molar-refractivity contribution < 1.29 is 16.8 Å². The van der Waals surface area contributed by atoms with Crippen LogP contribution in [-0.2, 0) is 6.54 Å². The average molecular weight is 366 g/mol. The Labute approximate surface area is 144 Å². The van der Waals surface area contributed by atoms with Gasteiger partial charge in [-0.15, -0.1) is 0 Å². The third-order valence-electron chi connectivity index (χ3n) is 2.63. The molecule has 0 heterocycles. The molecule has 0 aliphatic carbocycles. The molecule has 114 valence electrons. The molecule has 6 heteroatoms. The molecule has 2 aromatic carbocycles. The fourth-order valence-electron chi connectivity index (χ4n) is 1.77. The third-order valence-corrected chi connectivity index (χ3v) is 4.46. The van der Waals surface area contributed by atoms with Crippen molar-refractivity contribution in [2.45, 2.75) is 16.3 Å². The van der Waals surface area contributed by atoms with E-state index >= 15 is 0 Å². The lowest BCUT2D eigenvalue weighted by Gasteiger charge is -2.14. The van der Waals surface area contributed by atoms with Gasteiger partial charge in [-0.3, -0.25) is 0 Å². The van der Waals surface area contributed by atoms with Gasteiger partial charge in [-0.2, -0.15) is 0 Å². The molecule has 2 aromatic rings. The van der Waals surface area contributed by atoms with Crippen LogP contribution in [0.1, 0.15) is 5.56 Å². The van der Waals surface area contributed by atoms with Crippen LogP contribution in [0.3, 0.4) is 0 Å². The summed E-state index contributed by atoms with van der Waals surface area (Å²) < 4.78 is 13.5. The molecule has 0 radical (unpaired) electrons. The number of benzene rings is 2. The van der Waals surface area contributed by atoms with E-state index in [9.17, 15) is 4.39 Å². The zero-order chi connectivity index (χ0) is 14.7. The maximum Gasteiger partial charge on any atom is 0.124 e. The second-order valence-corrected chi connectivity index (χ2v) is 6.59. The third kappa shape index (κ3) is 5.35. The molecule has 21 heavy (non-hydrogen) atoms. The van der Waals surface area contributed by atoms with Crippen molar-refractivity contribution in [2.75, 3.05) is 14.1 Å². The summed E-state index contributed by atoms with van der Waals surface area (Å²) in [6.45, 7) is 0.737. The van der Waals surface area contributed by atoms with Crippen LogP contribution in [0.15, 0.2) is 46.2 Å². The smallest absolute Gasteiger partial charge is 0.124 e. The lowest BCUT2D eigenvalue weighted by molar-refractivity contribution is -0.00000459. The maximum absolute atomic E-state index is 13.5. The highest BCUT2D eigenvalue weighted by Gasteiger charge is 2.10. The molecular formula is C15H14Cl3FNS-. The maximum atomic E-state index is 13.5. The first-order valence-electron chi connectivity index (χ1n) is 6.02. The summed E-state index contributed by atoms with van der Waals surface area (Å²) in [4.78, 5) is 3.71. The Morgan fingerprint density at radius 2 is 1.76 bits per heavy atom. The summed E-state index contributed by atoms with van der Waals surface area (Å²) in [7, 11) is 3.95. The van der Waals surface area contributed by atoms with Gasteiger partial charge in [0.25, 0.3) is 0 Å². The molecule has 0 aliphatic rings. The van der Waals surface area contributed by atoms with Gasteiger partial charge >= 0.3 is 0 Å². The standard InChI is InChI=1S/C15H14Cl2FNS.ClH/c1-19(2)9-10-3-5-12(18)8-14(10)20-15-7-11(16)4-6-13(15)17;/h3-8H,9H2,1-2H3;1H/p-1. The lowest BCUT2D eigenvalue weighted by Crippen LogP contribution is -3.00. The van der Waals surface area contributed by atoms with Gasteiger partial charge in [-0.25, -0.2) is 4.39 Å². The Hall–Kier alpha value is -0.450. The predicted octanol–water partition coefficient (Wildman–Crippen LogP) is 2.35.